The van der Waals surface area contributed by atoms with Crippen molar-refractivity contribution >= 4 is 11.6 Å². The van der Waals surface area contributed by atoms with Gasteiger partial charge in [0, 0.05) is 25.0 Å². The molecule has 1 heterocycles. The highest BCUT2D eigenvalue weighted by molar-refractivity contribution is 6.18. The summed E-state index contributed by atoms with van der Waals surface area (Å²) >= 11 is 5.97. The zero-order valence-electron chi connectivity index (χ0n) is 12.2. The van der Waals surface area contributed by atoms with Crippen molar-refractivity contribution in [3.63, 3.8) is 0 Å². The van der Waals surface area contributed by atoms with Gasteiger partial charge in [-0.1, -0.05) is 24.3 Å². The number of halogens is 1. The number of nitrogens with zero attached hydrogens (tertiary/aromatic N) is 1. The molecule has 3 rings (SSSR count). The van der Waals surface area contributed by atoms with Crippen LogP contribution in [0.1, 0.15) is 36.8 Å². The van der Waals surface area contributed by atoms with E-state index in [0.29, 0.717) is 17.8 Å². The van der Waals surface area contributed by atoms with Crippen molar-refractivity contribution in [3.05, 3.63) is 35.4 Å². The summed E-state index contributed by atoms with van der Waals surface area (Å²) in [4.78, 5) is 2.57. The van der Waals surface area contributed by atoms with E-state index >= 15 is 0 Å². The first-order valence-electron chi connectivity index (χ1n) is 7.77. The van der Waals surface area contributed by atoms with Gasteiger partial charge in [-0.3, -0.25) is 4.90 Å². The summed E-state index contributed by atoms with van der Waals surface area (Å²) in [6.45, 7) is 5.20. The monoisotopic (exact) mass is 293 g/mol. The molecule has 0 aromatic heterocycles. The molecule has 1 aliphatic carbocycles. The van der Waals surface area contributed by atoms with E-state index in [-0.39, 0.29) is 6.10 Å². The minimum atomic E-state index is 0.201. The van der Waals surface area contributed by atoms with E-state index in [0.717, 1.165) is 19.7 Å². The standard InChI is InChI=1S/C17H24ClNO/c1-13-12-20-16(9-18)11-19(13)10-15-7-4-6-14-5-2-3-8-17(14)15/h2-3,5,8,13,15-16H,4,6-7,9-12H2,1H3. The molecule has 0 bridgehead atoms. The molecular weight excluding hydrogens is 270 g/mol. The van der Waals surface area contributed by atoms with E-state index < -0.39 is 0 Å². The third kappa shape index (κ3) is 3.03. The number of morpholine rings is 1. The molecule has 0 radical (unpaired) electrons. The highest BCUT2D eigenvalue weighted by Gasteiger charge is 2.29. The number of alkyl halides is 1. The Balaban J connectivity index is 1.71. The molecule has 3 unspecified atom stereocenters. The first kappa shape index (κ1) is 14.4. The first-order chi connectivity index (χ1) is 9.78. The van der Waals surface area contributed by atoms with Crippen LogP contribution < -0.4 is 0 Å². The molecule has 1 fully saturated rings. The summed E-state index contributed by atoms with van der Waals surface area (Å²) in [5.41, 5.74) is 3.12. The van der Waals surface area contributed by atoms with Crippen molar-refractivity contribution in [3.8, 4) is 0 Å². The van der Waals surface area contributed by atoms with Gasteiger partial charge in [-0.05, 0) is 43.2 Å². The van der Waals surface area contributed by atoms with Crippen molar-refractivity contribution in [1.29, 1.82) is 0 Å². The third-order valence-corrected chi connectivity index (χ3v) is 5.10. The van der Waals surface area contributed by atoms with Crippen molar-refractivity contribution in [2.24, 2.45) is 0 Å². The van der Waals surface area contributed by atoms with Crippen LogP contribution in [0.2, 0.25) is 0 Å². The van der Waals surface area contributed by atoms with Crippen LogP contribution in [0.25, 0.3) is 0 Å². The van der Waals surface area contributed by atoms with Crippen LogP contribution in [-0.2, 0) is 11.2 Å². The number of ether oxygens (including phenoxy) is 1. The molecule has 0 spiro atoms. The number of rotatable bonds is 3. The van der Waals surface area contributed by atoms with Crippen LogP contribution in [0.4, 0.5) is 0 Å². The summed E-state index contributed by atoms with van der Waals surface area (Å²) < 4.78 is 5.75. The maximum Gasteiger partial charge on any atom is 0.0837 e. The smallest absolute Gasteiger partial charge is 0.0837 e. The maximum absolute atomic E-state index is 5.97. The Bertz CT molecular complexity index is 450. The molecule has 0 N–H and O–H groups in total. The Labute approximate surface area is 127 Å². The topological polar surface area (TPSA) is 12.5 Å². The van der Waals surface area contributed by atoms with Gasteiger partial charge in [0.15, 0.2) is 0 Å². The van der Waals surface area contributed by atoms with Crippen molar-refractivity contribution in [2.75, 3.05) is 25.6 Å². The fourth-order valence-corrected chi connectivity index (χ4v) is 3.74. The van der Waals surface area contributed by atoms with Crippen LogP contribution in [0, 0.1) is 0 Å². The van der Waals surface area contributed by atoms with Gasteiger partial charge in [0.05, 0.1) is 12.7 Å². The summed E-state index contributed by atoms with van der Waals surface area (Å²) in [5.74, 6) is 1.28. The van der Waals surface area contributed by atoms with Crippen LogP contribution in [0.15, 0.2) is 24.3 Å². The Morgan fingerprint density at radius 1 is 1.35 bits per heavy atom. The quantitative estimate of drug-likeness (QED) is 0.792. The molecule has 1 aromatic carbocycles. The average Bonchev–Trinajstić information content (AvgIpc) is 2.50. The number of fused-ring (bicyclic) bond motifs is 1. The minimum Gasteiger partial charge on any atom is -0.374 e. The van der Waals surface area contributed by atoms with Crippen molar-refractivity contribution < 1.29 is 4.74 Å². The SMILES string of the molecule is CC1COC(CCl)CN1CC1CCCc2ccccc21. The lowest BCUT2D eigenvalue weighted by Gasteiger charge is -2.40. The molecule has 2 aliphatic rings. The second-order valence-electron chi connectivity index (χ2n) is 6.20. The Morgan fingerprint density at radius 2 is 2.20 bits per heavy atom. The van der Waals surface area contributed by atoms with Gasteiger partial charge in [0.2, 0.25) is 0 Å². The van der Waals surface area contributed by atoms with Gasteiger partial charge in [0.1, 0.15) is 0 Å². The predicted molar refractivity (Wildman–Crippen MR) is 83.6 cm³/mol. The van der Waals surface area contributed by atoms with E-state index in [1.54, 1.807) is 11.1 Å². The second kappa shape index (κ2) is 6.46. The number of hydrogen-bond donors (Lipinski definition) is 0. The van der Waals surface area contributed by atoms with Gasteiger partial charge in [-0.25, -0.2) is 0 Å². The zero-order chi connectivity index (χ0) is 13.9. The first-order valence-corrected chi connectivity index (χ1v) is 8.30. The van der Waals surface area contributed by atoms with Gasteiger partial charge in [-0.15, -0.1) is 11.6 Å². The Hall–Kier alpha value is -0.570. The van der Waals surface area contributed by atoms with E-state index in [9.17, 15) is 0 Å². The molecule has 110 valence electrons. The largest absolute Gasteiger partial charge is 0.374 e. The van der Waals surface area contributed by atoms with E-state index in [1.807, 2.05) is 0 Å². The summed E-state index contributed by atoms with van der Waals surface area (Å²) in [5, 5.41) is 0. The molecule has 1 aliphatic heterocycles. The molecule has 0 saturated carbocycles. The van der Waals surface area contributed by atoms with Crippen LogP contribution in [-0.4, -0.2) is 42.6 Å². The molecule has 3 atom stereocenters. The molecule has 1 saturated heterocycles. The molecule has 3 heteroatoms. The Morgan fingerprint density at radius 3 is 3.05 bits per heavy atom. The van der Waals surface area contributed by atoms with Gasteiger partial charge < -0.3 is 4.74 Å². The summed E-state index contributed by atoms with van der Waals surface area (Å²) in [6, 6.07) is 9.47. The second-order valence-corrected chi connectivity index (χ2v) is 6.51. The average molecular weight is 294 g/mol. The number of aryl methyl sites for hydroxylation is 1. The normalized spacial score (nSPS) is 31.0. The fraction of sp³-hybridized carbons (Fsp3) is 0.647. The zero-order valence-corrected chi connectivity index (χ0v) is 13.0. The lowest BCUT2D eigenvalue weighted by atomic mass is 9.82. The molecular formula is C17H24ClNO. The summed E-state index contributed by atoms with van der Waals surface area (Å²) in [7, 11) is 0. The maximum atomic E-state index is 5.97. The number of hydrogen-bond acceptors (Lipinski definition) is 2. The number of benzene rings is 1. The third-order valence-electron chi connectivity index (χ3n) is 4.76. The van der Waals surface area contributed by atoms with E-state index in [4.69, 9.17) is 16.3 Å². The lowest BCUT2D eigenvalue weighted by molar-refractivity contribution is -0.0500. The van der Waals surface area contributed by atoms with Crippen LogP contribution >= 0.6 is 11.6 Å². The van der Waals surface area contributed by atoms with Crippen molar-refractivity contribution in [2.45, 2.75) is 44.2 Å². The van der Waals surface area contributed by atoms with Crippen LogP contribution in [0.3, 0.4) is 0 Å². The minimum absolute atomic E-state index is 0.201. The van der Waals surface area contributed by atoms with E-state index in [2.05, 4.69) is 36.1 Å². The molecule has 1 aromatic rings. The van der Waals surface area contributed by atoms with Gasteiger partial charge in [0.25, 0.3) is 0 Å². The fourth-order valence-electron chi connectivity index (χ4n) is 3.55. The summed E-state index contributed by atoms with van der Waals surface area (Å²) in [6.07, 6.45) is 4.08. The van der Waals surface area contributed by atoms with Crippen molar-refractivity contribution in [1.82, 2.24) is 4.90 Å². The van der Waals surface area contributed by atoms with Crippen LogP contribution in [0.5, 0.6) is 0 Å². The molecule has 2 nitrogen and oxygen atoms in total. The van der Waals surface area contributed by atoms with Gasteiger partial charge in [-0.2, -0.15) is 0 Å². The highest BCUT2D eigenvalue weighted by Crippen LogP contribution is 2.33. The molecule has 20 heavy (non-hydrogen) atoms. The highest BCUT2D eigenvalue weighted by atomic mass is 35.5. The predicted octanol–water partition coefficient (Wildman–Crippen LogP) is 3.43. The van der Waals surface area contributed by atoms with Gasteiger partial charge >= 0.3 is 0 Å². The van der Waals surface area contributed by atoms with E-state index in [1.165, 1.54) is 19.3 Å². The molecule has 0 amide bonds. The Kier molecular flexibility index (Phi) is 4.65. The lowest BCUT2D eigenvalue weighted by Crippen LogP contribution is -2.50.